The summed E-state index contributed by atoms with van der Waals surface area (Å²) in [6.45, 7) is 3.36. The molecule has 7 nitrogen and oxygen atoms in total. The molecule has 0 aromatic carbocycles. The van der Waals surface area contributed by atoms with Crippen LogP contribution < -0.4 is 10.0 Å². The SMILES string of the molecule is Cc1[nH]nc(CNC2CC2)c1S(=O)(=O)NC1CCCOC1. The summed E-state index contributed by atoms with van der Waals surface area (Å²) in [5.74, 6) is 0. The van der Waals surface area contributed by atoms with Gasteiger partial charge in [-0.3, -0.25) is 5.10 Å². The Labute approximate surface area is 124 Å². The predicted molar refractivity (Wildman–Crippen MR) is 77.3 cm³/mol. The lowest BCUT2D eigenvalue weighted by atomic mass is 10.1. The molecule has 2 aliphatic rings. The van der Waals surface area contributed by atoms with Crippen LogP contribution in [0.4, 0.5) is 0 Å². The van der Waals surface area contributed by atoms with E-state index in [2.05, 4.69) is 20.2 Å². The van der Waals surface area contributed by atoms with Gasteiger partial charge in [-0.25, -0.2) is 13.1 Å². The fourth-order valence-corrected chi connectivity index (χ4v) is 4.21. The Morgan fingerprint density at radius 1 is 1.33 bits per heavy atom. The highest BCUT2D eigenvalue weighted by molar-refractivity contribution is 7.89. The molecule has 2 fully saturated rings. The number of aromatic nitrogens is 2. The first kappa shape index (κ1) is 15.0. The van der Waals surface area contributed by atoms with Crippen molar-refractivity contribution in [2.45, 2.75) is 56.1 Å². The third-order valence-electron chi connectivity index (χ3n) is 3.85. The minimum absolute atomic E-state index is 0.151. The standard InChI is InChI=1S/C13H22N4O3S/c1-9-13(12(16-15-9)7-14-10-4-5-10)21(18,19)17-11-3-2-6-20-8-11/h10-11,14,17H,2-8H2,1H3,(H,15,16). The van der Waals surface area contributed by atoms with E-state index in [1.165, 1.54) is 0 Å². The molecule has 0 radical (unpaired) electrons. The molecule has 118 valence electrons. The van der Waals surface area contributed by atoms with Crippen molar-refractivity contribution in [2.24, 2.45) is 0 Å². The molecular weight excluding hydrogens is 292 g/mol. The maximum Gasteiger partial charge on any atom is 0.244 e. The van der Waals surface area contributed by atoms with Crippen LogP contribution in [0, 0.1) is 6.92 Å². The van der Waals surface area contributed by atoms with Crippen molar-refractivity contribution in [2.75, 3.05) is 13.2 Å². The van der Waals surface area contributed by atoms with Crippen molar-refractivity contribution < 1.29 is 13.2 Å². The topological polar surface area (TPSA) is 96.1 Å². The van der Waals surface area contributed by atoms with E-state index in [1.807, 2.05) is 0 Å². The first-order valence-corrected chi connectivity index (χ1v) is 8.92. The van der Waals surface area contributed by atoms with Gasteiger partial charge in [0.2, 0.25) is 10.0 Å². The van der Waals surface area contributed by atoms with Crippen molar-refractivity contribution in [3.8, 4) is 0 Å². The lowest BCUT2D eigenvalue weighted by molar-refractivity contribution is 0.0774. The number of hydrogen-bond acceptors (Lipinski definition) is 5. The third-order valence-corrected chi connectivity index (χ3v) is 5.57. The molecule has 1 saturated heterocycles. The van der Waals surface area contributed by atoms with Crippen LogP contribution in [0.2, 0.25) is 0 Å². The minimum Gasteiger partial charge on any atom is -0.380 e. The van der Waals surface area contributed by atoms with Gasteiger partial charge in [0.1, 0.15) is 4.90 Å². The van der Waals surface area contributed by atoms with Crippen LogP contribution in [-0.4, -0.2) is 43.9 Å². The number of H-pyrrole nitrogens is 1. The molecule has 1 aliphatic heterocycles. The average Bonchev–Trinajstić information content (AvgIpc) is 3.19. The predicted octanol–water partition coefficient (Wildman–Crippen LogP) is 0.427. The first-order chi connectivity index (χ1) is 10.1. The highest BCUT2D eigenvalue weighted by Crippen LogP contribution is 2.22. The number of sulfonamides is 1. The van der Waals surface area contributed by atoms with Gasteiger partial charge in [-0.2, -0.15) is 5.10 Å². The Hall–Kier alpha value is -0.960. The van der Waals surface area contributed by atoms with Crippen molar-refractivity contribution >= 4 is 10.0 Å². The highest BCUT2D eigenvalue weighted by Gasteiger charge is 2.29. The quantitative estimate of drug-likeness (QED) is 0.707. The van der Waals surface area contributed by atoms with E-state index in [4.69, 9.17) is 4.74 Å². The molecule has 21 heavy (non-hydrogen) atoms. The molecule has 8 heteroatoms. The largest absolute Gasteiger partial charge is 0.380 e. The molecule has 3 rings (SSSR count). The van der Waals surface area contributed by atoms with Crippen LogP contribution in [0.15, 0.2) is 4.90 Å². The minimum atomic E-state index is -3.57. The molecule has 1 unspecified atom stereocenters. The smallest absolute Gasteiger partial charge is 0.244 e. The molecular formula is C13H22N4O3S. The molecule has 1 aromatic rings. The molecule has 1 aromatic heterocycles. The van der Waals surface area contributed by atoms with Gasteiger partial charge in [-0.15, -0.1) is 0 Å². The van der Waals surface area contributed by atoms with E-state index >= 15 is 0 Å². The van der Waals surface area contributed by atoms with Gasteiger partial charge < -0.3 is 10.1 Å². The van der Waals surface area contributed by atoms with Gasteiger partial charge in [0.05, 0.1) is 18.0 Å². The lowest BCUT2D eigenvalue weighted by Crippen LogP contribution is -2.41. The second kappa shape index (κ2) is 6.04. The summed E-state index contributed by atoms with van der Waals surface area (Å²) in [5, 5.41) is 10.2. The van der Waals surface area contributed by atoms with E-state index in [-0.39, 0.29) is 10.9 Å². The van der Waals surface area contributed by atoms with Gasteiger partial charge in [-0.05, 0) is 32.6 Å². The Balaban J connectivity index is 1.74. The second-order valence-corrected chi connectivity index (χ2v) is 7.47. The summed E-state index contributed by atoms with van der Waals surface area (Å²) >= 11 is 0. The number of hydrogen-bond donors (Lipinski definition) is 3. The van der Waals surface area contributed by atoms with E-state index < -0.39 is 10.0 Å². The van der Waals surface area contributed by atoms with Crippen LogP contribution in [0.5, 0.6) is 0 Å². The Morgan fingerprint density at radius 3 is 2.81 bits per heavy atom. The Bertz CT molecular complexity index is 589. The molecule has 1 aliphatic carbocycles. The lowest BCUT2D eigenvalue weighted by Gasteiger charge is -2.23. The number of rotatable bonds is 6. The molecule has 1 atom stereocenters. The fourth-order valence-electron chi connectivity index (χ4n) is 2.59. The van der Waals surface area contributed by atoms with Crippen LogP contribution in [0.1, 0.15) is 37.1 Å². The zero-order valence-corrected chi connectivity index (χ0v) is 13.0. The highest BCUT2D eigenvalue weighted by atomic mass is 32.2. The van der Waals surface area contributed by atoms with E-state index in [9.17, 15) is 8.42 Å². The number of aromatic amines is 1. The van der Waals surface area contributed by atoms with E-state index in [0.717, 1.165) is 25.7 Å². The Morgan fingerprint density at radius 2 is 2.14 bits per heavy atom. The van der Waals surface area contributed by atoms with Crippen molar-refractivity contribution in [1.82, 2.24) is 20.2 Å². The average molecular weight is 314 g/mol. The first-order valence-electron chi connectivity index (χ1n) is 7.43. The number of nitrogens with one attached hydrogen (secondary N) is 3. The molecule has 3 N–H and O–H groups in total. The summed E-state index contributed by atoms with van der Waals surface area (Å²) in [7, 11) is -3.57. The van der Waals surface area contributed by atoms with Gasteiger partial charge in [0.25, 0.3) is 0 Å². The normalized spacial score (nSPS) is 23.4. The van der Waals surface area contributed by atoms with Crippen LogP contribution >= 0.6 is 0 Å². The van der Waals surface area contributed by atoms with Crippen LogP contribution in [0.3, 0.4) is 0 Å². The van der Waals surface area contributed by atoms with Crippen molar-refractivity contribution in [3.05, 3.63) is 11.4 Å². The van der Waals surface area contributed by atoms with E-state index in [1.54, 1.807) is 6.92 Å². The summed E-state index contributed by atoms with van der Waals surface area (Å²) in [4.78, 5) is 0.279. The summed E-state index contributed by atoms with van der Waals surface area (Å²) in [5.41, 5.74) is 1.13. The molecule has 0 bridgehead atoms. The summed E-state index contributed by atoms with van der Waals surface area (Å²) in [6, 6.07) is 0.361. The van der Waals surface area contributed by atoms with Crippen LogP contribution in [0.25, 0.3) is 0 Å². The molecule has 2 heterocycles. The summed E-state index contributed by atoms with van der Waals surface area (Å²) in [6.07, 6.45) is 4.01. The number of ether oxygens (including phenoxy) is 1. The number of aryl methyl sites for hydroxylation is 1. The second-order valence-electron chi connectivity index (χ2n) is 5.81. The Kier molecular flexibility index (Phi) is 4.30. The zero-order valence-electron chi connectivity index (χ0n) is 12.2. The fraction of sp³-hybridized carbons (Fsp3) is 0.769. The van der Waals surface area contributed by atoms with Gasteiger partial charge in [0.15, 0.2) is 0 Å². The number of nitrogens with zero attached hydrogens (tertiary/aromatic N) is 1. The van der Waals surface area contributed by atoms with Gasteiger partial charge >= 0.3 is 0 Å². The molecule has 0 amide bonds. The molecule has 1 saturated carbocycles. The maximum atomic E-state index is 12.6. The van der Waals surface area contributed by atoms with Crippen molar-refractivity contribution in [1.29, 1.82) is 0 Å². The monoisotopic (exact) mass is 314 g/mol. The third kappa shape index (κ3) is 3.63. The summed E-state index contributed by atoms with van der Waals surface area (Å²) < 4.78 is 33.3. The van der Waals surface area contributed by atoms with Gasteiger partial charge in [0, 0.05) is 25.2 Å². The van der Waals surface area contributed by atoms with Crippen molar-refractivity contribution in [3.63, 3.8) is 0 Å². The molecule has 0 spiro atoms. The van der Waals surface area contributed by atoms with E-state index in [0.29, 0.717) is 37.2 Å². The van der Waals surface area contributed by atoms with Crippen LogP contribution in [-0.2, 0) is 21.3 Å². The maximum absolute atomic E-state index is 12.6. The zero-order chi connectivity index (χ0) is 14.9. The van der Waals surface area contributed by atoms with Gasteiger partial charge in [-0.1, -0.05) is 0 Å².